The number of hydrogen-bond acceptors (Lipinski definition) is 5. The van der Waals surface area contributed by atoms with Gasteiger partial charge in [0.2, 0.25) is 6.61 Å². The molecule has 160 valence electrons. The molecule has 0 radical (unpaired) electrons. The van der Waals surface area contributed by atoms with Gasteiger partial charge in [0.05, 0.1) is 20.7 Å². The third-order valence-electron chi connectivity index (χ3n) is 5.45. The lowest BCUT2D eigenvalue weighted by molar-refractivity contribution is -0.842. The maximum atomic E-state index is 13.2. The molecule has 30 heavy (non-hydrogen) atoms. The van der Waals surface area contributed by atoms with Gasteiger partial charge >= 0.3 is 11.9 Å². The molecule has 2 aromatic rings. The van der Waals surface area contributed by atoms with Gasteiger partial charge in [0.25, 0.3) is 0 Å². The fourth-order valence-corrected chi connectivity index (χ4v) is 3.65. The maximum absolute atomic E-state index is 13.2. The Hall–Kier alpha value is -2.48. The van der Waals surface area contributed by atoms with Crippen molar-refractivity contribution < 1.29 is 27.9 Å². The van der Waals surface area contributed by atoms with Crippen molar-refractivity contribution in [3.05, 3.63) is 64.9 Å². The van der Waals surface area contributed by atoms with Crippen LogP contribution in [0.4, 0.5) is 4.39 Å². The number of amides is 1. The molecule has 1 heterocycles. The molecule has 1 fully saturated rings. The van der Waals surface area contributed by atoms with E-state index in [-0.39, 0.29) is 29.4 Å². The standard InChI is InChI=1S/C22H25ClFN2O4/c1-26(21(27)15-30-19-9-5-17(23)6-10-19)12-11-25(20(14-26)22(28)29-2)13-16-3-7-18(24)8-4-16/h3-10,20H,11-15H2,1-2H3/q+1. The van der Waals surface area contributed by atoms with E-state index in [9.17, 15) is 14.0 Å². The quantitative estimate of drug-likeness (QED) is 0.516. The average molecular weight is 436 g/mol. The van der Waals surface area contributed by atoms with E-state index in [0.717, 1.165) is 5.56 Å². The summed E-state index contributed by atoms with van der Waals surface area (Å²) >= 11 is 5.86. The van der Waals surface area contributed by atoms with Gasteiger partial charge in [0, 0.05) is 18.1 Å². The van der Waals surface area contributed by atoms with Gasteiger partial charge in [-0.15, -0.1) is 0 Å². The number of rotatable bonds is 6. The van der Waals surface area contributed by atoms with Crippen molar-refractivity contribution in [3.8, 4) is 5.75 Å². The molecule has 1 aliphatic rings. The van der Waals surface area contributed by atoms with Gasteiger partial charge in [-0.05, 0) is 42.0 Å². The molecule has 2 atom stereocenters. The number of nitrogens with zero attached hydrogens (tertiary/aromatic N) is 2. The molecule has 1 aliphatic heterocycles. The lowest BCUT2D eigenvalue weighted by atomic mass is 10.1. The zero-order valence-electron chi connectivity index (χ0n) is 17.0. The van der Waals surface area contributed by atoms with Gasteiger partial charge in [-0.1, -0.05) is 23.7 Å². The van der Waals surface area contributed by atoms with Crippen molar-refractivity contribution in [2.75, 3.05) is 40.4 Å². The first-order valence-corrected chi connectivity index (χ1v) is 10.0. The second kappa shape index (κ2) is 9.55. The molecule has 0 aromatic heterocycles. The highest BCUT2D eigenvalue weighted by Gasteiger charge is 2.45. The van der Waals surface area contributed by atoms with E-state index in [4.69, 9.17) is 21.1 Å². The second-order valence-electron chi connectivity index (χ2n) is 7.57. The summed E-state index contributed by atoms with van der Waals surface area (Å²) in [5, 5.41) is 0.589. The lowest BCUT2D eigenvalue weighted by Crippen LogP contribution is -2.66. The van der Waals surface area contributed by atoms with Gasteiger partial charge in [-0.3, -0.25) is 14.2 Å². The number of benzene rings is 2. The zero-order valence-corrected chi connectivity index (χ0v) is 17.8. The van der Waals surface area contributed by atoms with Crippen LogP contribution in [-0.4, -0.2) is 67.7 Å². The summed E-state index contributed by atoms with van der Waals surface area (Å²) in [5.41, 5.74) is 0.888. The molecule has 0 N–H and O–H groups in total. The van der Waals surface area contributed by atoms with Crippen LogP contribution in [0, 0.1) is 5.82 Å². The summed E-state index contributed by atoms with van der Waals surface area (Å²) in [6.07, 6.45) is 0. The highest BCUT2D eigenvalue weighted by molar-refractivity contribution is 6.30. The molecule has 1 amide bonds. The van der Waals surface area contributed by atoms with Crippen molar-refractivity contribution >= 4 is 23.5 Å². The largest absolute Gasteiger partial charge is 0.479 e. The number of carbonyl (C=O) groups excluding carboxylic acids is 2. The van der Waals surface area contributed by atoms with Gasteiger partial charge in [-0.25, -0.2) is 9.18 Å². The van der Waals surface area contributed by atoms with Gasteiger partial charge in [0.15, 0.2) is 6.04 Å². The van der Waals surface area contributed by atoms with Crippen LogP contribution in [0.3, 0.4) is 0 Å². The predicted molar refractivity (Wildman–Crippen MR) is 110 cm³/mol. The Morgan fingerprint density at radius 3 is 2.47 bits per heavy atom. The Morgan fingerprint density at radius 2 is 1.83 bits per heavy atom. The minimum absolute atomic E-state index is 0.0628. The van der Waals surface area contributed by atoms with Gasteiger partial charge in [-0.2, -0.15) is 0 Å². The van der Waals surface area contributed by atoms with E-state index in [0.29, 0.717) is 30.4 Å². The highest BCUT2D eigenvalue weighted by atomic mass is 35.5. The van der Waals surface area contributed by atoms with Crippen LogP contribution in [0.25, 0.3) is 0 Å². The summed E-state index contributed by atoms with van der Waals surface area (Å²) in [7, 11) is 3.14. The maximum Gasteiger partial charge on any atom is 0.351 e. The highest BCUT2D eigenvalue weighted by Crippen LogP contribution is 2.21. The van der Waals surface area contributed by atoms with Crippen LogP contribution < -0.4 is 4.74 Å². The number of esters is 1. The topological polar surface area (TPSA) is 55.8 Å². The SMILES string of the molecule is COC(=O)C1C[N+](C)(C(=O)COc2ccc(Cl)cc2)CCN1Cc1ccc(F)cc1. The van der Waals surface area contributed by atoms with Crippen LogP contribution in [0.5, 0.6) is 5.75 Å². The van der Waals surface area contributed by atoms with E-state index in [1.807, 2.05) is 4.90 Å². The van der Waals surface area contributed by atoms with Crippen LogP contribution in [0.2, 0.25) is 5.02 Å². The summed E-state index contributed by atoms with van der Waals surface area (Å²) in [6.45, 7) is 1.67. The molecule has 6 nitrogen and oxygen atoms in total. The molecule has 2 unspecified atom stereocenters. The number of halogens is 2. The number of hydrogen-bond donors (Lipinski definition) is 0. The van der Waals surface area contributed by atoms with Crippen molar-refractivity contribution in [1.29, 1.82) is 0 Å². The fraction of sp³-hybridized carbons (Fsp3) is 0.364. The molecule has 8 heteroatoms. The monoisotopic (exact) mass is 435 g/mol. The Labute approximate surface area is 180 Å². The van der Waals surface area contributed by atoms with E-state index < -0.39 is 12.0 Å². The van der Waals surface area contributed by atoms with E-state index in [1.54, 1.807) is 43.4 Å². The molecule has 3 rings (SSSR count). The Balaban J connectivity index is 1.67. The van der Waals surface area contributed by atoms with Gasteiger partial charge < -0.3 is 9.47 Å². The molecular weight excluding hydrogens is 411 g/mol. The van der Waals surface area contributed by atoms with E-state index in [1.165, 1.54) is 19.2 Å². The van der Waals surface area contributed by atoms with Gasteiger partial charge in [0.1, 0.15) is 18.1 Å². The number of ether oxygens (including phenoxy) is 2. The molecule has 0 spiro atoms. The predicted octanol–water partition coefficient (Wildman–Crippen LogP) is 2.89. The first-order chi connectivity index (χ1) is 14.3. The summed E-state index contributed by atoms with van der Waals surface area (Å²) in [4.78, 5) is 27.3. The van der Waals surface area contributed by atoms with Crippen molar-refractivity contribution in [2.24, 2.45) is 0 Å². The Kier molecular flexibility index (Phi) is 7.07. The van der Waals surface area contributed by atoms with E-state index in [2.05, 4.69) is 0 Å². The first kappa shape index (κ1) is 22.2. The first-order valence-electron chi connectivity index (χ1n) is 9.63. The van der Waals surface area contributed by atoms with Crippen LogP contribution in [0.15, 0.2) is 48.5 Å². The minimum Gasteiger partial charge on any atom is -0.479 e. The summed E-state index contributed by atoms with van der Waals surface area (Å²) in [6, 6.07) is 12.4. The molecular formula is C22H25ClFN2O4+. The van der Waals surface area contributed by atoms with Crippen LogP contribution in [-0.2, 0) is 20.9 Å². The minimum atomic E-state index is -0.585. The van der Waals surface area contributed by atoms with E-state index >= 15 is 0 Å². The van der Waals surface area contributed by atoms with Crippen molar-refractivity contribution in [1.82, 2.24) is 4.90 Å². The molecule has 0 aliphatic carbocycles. The second-order valence-corrected chi connectivity index (χ2v) is 8.01. The van der Waals surface area contributed by atoms with Crippen molar-refractivity contribution in [3.63, 3.8) is 0 Å². The lowest BCUT2D eigenvalue weighted by Gasteiger charge is -2.43. The normalized spacial score (nSPS) is 21.8. The number of carbonyl (C=O) groups is 2. The number of likely N-dealkylation sites (N-methyl/N-ethyl adjacent to an activating group) is 1. The average Bonchev–Trinajstić information content (AvgIpc) is 2.75. The number of piperazine rings is 1. The number of quaternary nitrogens is 1. The molecule has 2 aromatic carbocycles. The Morgan fingerprint density at radius 1 is 1.17 bits per heavy atom. The molecule has 0 bridgehead atoms. The fourth-order valence-electron chi connectivity index (χ4n) is 3.52. The summed E-state index contributed by atoms with van der Waals surface area (Å²) in [5.74, 6) is -0.274. The smallest absolute Gasteiger partial charge is 0.351 e. The van der Waals surface area contributed by atoms with Crippen LogP contribution >= 0.6 is 11.6 Å². The third-order valence-corrected chi connectivity index (χ3v) is 5.70. The Bertz CT molecular complexity index is 891. The zero-order chi connectivity index (χ0) is 21.7. The van der Waals surface area contributed by atoms with Crippen molar-refractivity contribution in [2.45, 2.75) is 12.6 Å². The number of methoxy groups -OCH3 is 1. The summed E-state index contributed by atoms with van der Waals surface area (Å²) < 4.78 is 23.8. The molecule has 1 saturated heterocycles. The van der Waals surface area contributed by atoms with Crippen LogP contribution in [0.1, 0.15) is 5.56 Å². The third kappa shape index (κ3) is 5.36. The molecule has 0 saturated carbocycles.